The van der Waals surface area contributed by atoms with E-state index in [1.807, 2.05) is 109 Å². The second-order valence-corrected chi connectivity index (χ2v) is 13.8. The van der Waals surface area contributed by atoms with Crippen LogP contribution in [0.3, 0.4) is 0 Å². The fourth-order valence-electron chi connectivity index (χ4n) is 6.19. The van der Waals surface area contributed by atoms with Gasteiger partial charge in [0.1, 0.15) is 24.4 Å². The minimum Gasteiger partial charge on any atom is -0.368 e. The van der Waals surface area contributed by atoms with E-state index in [2.05, 4.69) is 26.6 Å². The highest BCUT2D eigenvalue weighted by Crippen LogP contribution is 2.21. The summed E-state index contributed by atoms with van der Waals surface area (Å²) in [6, 6.07) is 29.8. The van der Waals surface area contributed by atoms with Crippen LogP contribution >= 0.6 is 0 Å². The predicted molar refractivity (Wildman–Crippen MR) is 220 cm³/mol. The van der Waals surface area contributed by atoms with Crippen LogP contribution in [0.5, 0.6) is 0 Å². The largest absolute Gasteiger partial charge is 0.368 e. The number of nitrogens with one attached hydrogen (secondary N) is 5. The van der Waals surface area contributed by atoms with Gasteiger partial charge in [0.25, 0.3) is 0 Å². The van der Waals surface area contributed by atoms with E-state index in [9.17, 15) is 24.0 Å². The van der Waals surface area contributed by atoms with E-state index in [1.165, 1.54) is 0 Å². The lowest BCUT2D eigenvalue weighted by molar-refractivity contribution is -0.133. The molecule has 15 heteroatoms. The average Bonchev–Trinajstić information content (AvgIpc) is 3.20. The van der Waals surface area contributed by atoms with Crippen molar-refractivity contribution in [2.45, 2.75) is 69.0 Å². The minimum atomic E-state index is -1.18. The highest BCUT2D eigenvalue weighted by atomic mass is 16.2. The van der Waals surface area contributed by atoms with Crippen molar-refractivity contribution in [2.75, 3.05) is 13.1 Å². The van der Waals surface area contributed by atoms with Crippen molar-refractivity contribution in [1.29, 1.82) is 0 Å². The Balaban J connectivity index is 1.51. The average molecular weight is 779 g/mol. The zero-order chi connectivity index (χ0) is 41.2. The van der Waals surface area contributed by atoms with E-state index in [-0.39, 0.29) is 32.2 Å². The molecule has 4 atom stereocenters. The van der Waals surface area contributed by atoms with Crippen LogP contribution in [-0.4, -0.2) is 73.2 Å². The Bertz CT molecular complexity index is 1890. The summed E-state index contributed by atoms with van der Waals surface area (Å²) < 4.78 is 0. The summed E-state index contributed by atoms with van der Waals surface area (Å²) in [5, 5.41) is 13.5. The number of carbonyl (C=O) groups is 5. The fourth-order valence-corrected chi connectivity index (χ4v) is 6.19. The maximum absolute atomic E-state index is 14.0. The molecule has 4 aromatic carbocycles. The molecule has 15 N–H and O–H groups in total. The number of hydrogen-bond donors (Lipinski definition) is 10. The molecule has 57 heavy (non-hydrogen) atoms. The van der Waals surface area contributed by atoms with Crippen molar-refractivity contribution in [1.82, 2.24) is 26.6 Å². The second-order valence-electron chi connectivity index (χ2n) is 13.8. The second kappa shape index (κ2) is 22.4. The Morgan fingerprint density at radius 2 is 0.930 bits per heavy atom. The molecule has 0 aliphatic heterocycles. The third kappa shape index (κ3) is 14.8. The molecule has 0 aromatic heterocycles. The van der Waals surface area contributed by atoms with Crippen molar-refractivity contribution in [3.63, 3.8) is 0 Å². The lowest BCUT2D eigenvalue weighted by Crippen LogP contribution is -2.58. The van der Waals surface area contributed by atoms with Crippen molar-refractivity contribution in [3.8, 4) is 22.3 Å². The molecular weight excluding hydrogens is 725 g/mol. The summed E-state index contributed by atoms with van der Waals surface area (Å²) in [7, 11) is 0. The highest BCUT2D eigenvalue weighted by Gasteiger charge is 2.30. The van der Waals surface area contributed by atoms with Gasteiger partial charge >= 0.3 is 6.03 Å². The SMILES string of the molecule is NC(=O)NCCC[C@H](NC(=O)[C@H](Cc1ccc(-c2ccccc2)cc1)NC(=O)[C@H](CCCNC(N)N)NC(=O)[C@@H](N)Cc1ccc(-c2ccccc2)cc1)C(N)=O. The van der Waals surface area contributed by atoms with Crippen molar-refractivity contribution in [2.24, 2.45) is 28.7 Å². The molecule has 302 valence electrons. The third-order valence-corrected chi connectivity index (χ3v) is 9.30. The monoisotopic (exact) mass is 778 g/mol. The zero-order valence-electron chi connectivity index (χ0n) is 31.9. The molecule has 0 aliphatic carbocycles. The van der Waals surface area contributed by atoms with Crippen LogP contribution < -0.4 is 55.3 Å². The molecular formula is C42H54N10O5. The van der Waals surface area contributed by atoms with Crippen LogP contribution in [0.15, 0.2) is 109 Å². The maximum Gasteiger partial charge on any atom is 0.312 e. The Labute approximate surface area is 332 Å². The zero-order valence-corrected chi connectivity index (χ0v) is 31.9. The standard InChI is InChI=1S/C42H54N10O5/c43-33(25-27-15-19-31(20-16-27)29-9-3-1-4-10-29)38(54)51-35(14-8-23-48-41(45)46)39(55)52-36(40(56)50-34(37(44)53)13-7-24-49-42(47)57)26-28-17-21-32(22-18-28)30-11-5-2-6-12-30/h1-6,9-12,15-22,33-36,41,48H,7-8,13-14,23-26,43,45-46H2,(H2,44,53)(H,50,56)(H,51,54)(H,52,55)(H3,47,49,57)/t33-,34-,35-,36-/m0/s1. The molecule has 0 radical (unpaired) electrons. The lowest BCUT2D eigenvalue weighted by atomic mass is 9.99. The summed E-state index contributed by atoms with van der Waals surface area (Å²) in [4.78, 5) is 64.9. The van der Waals surface area contributed by atoms with Gasteiger partial charge in [0, 0.05) is 13.0 Å². The maximum atomic E-state index is 14.0. The number of urea groups is 1. The van der Waals surface area contributed by atoms with E-state index >= 15 is 0 Å². The number of carbonyl (C=O) groups excluding carboxylic acids is 5. The first-order valence-corrected chi connectivity index (χ1v) is 18.9. The Kier molecular flexibility index (Phi) is 17.2. The van der Waals surface area contributed by atoms with Crippen LogP contribution in [-0.2, 0) is 32.0 Å². The number of primary amides is 2. The summed E-state index contributed by atoms with van der Waals surface area (Å²) in [6.07, 6.45) is 0.430. The van der Waals surface area contributed by atoms with E-state index in [1.54, 1.807) is 0 Å². The van der Waals surface area contributed by atoms with Crippen molar-refractivity contribution < 1.29 is 24.0 Å². The number of benzene rings is 4. The van der Waals surface area contributed by atoms with Crippen LogP contribution in [0.4, 0.5) is 4.79 Å². The van der Waals surface area contributed by atoms with E-state index in [0.717, 1.165) is 33.4 Å². The van der Waals surface area contributed by atoms with Gasteiger partial charge in [-0.05, 0) is 72.0 Å². The summed E-state index contributed by atoms with van der Waals surface area (Å²) in [5.41, 5.74) is 34.0. The van der Waals surface area contributed by atoms with Crippen molar-refractivity contribution in [3.05, 3.63) is 120 Å². The van der Waals surface area contributed by atoms with Crippen molar-refractivity contribution >= 4 is 29.7 Å². The van der Waals surface area contributed by atoms with Crippen LogP contribution in [0.25, 0.3) is 22.3 Å². The molecule has 0 unspecified atom stereocenters. The summed E-state index contributed by atoms with van der Waals surface area (Å²) in [6.45, 7) is 0.509. The smallest absolute Gasteiger partial charge is 0.312 e. The van der Waals surface area contributed by atoms with Crippen LogP contribution in [0.2, 0.25) is 0 Å². The first-order chi connectivity index (χ1) is 27.4. The van der Waals surface area contributed by atoms with Gasteiger partial charge in [-0.2, -0.15) is 0 Å². The van der Waals surface area contributed by atoms with Gasteiger partial charge < -0.3 is 49.9 Å². The summed E-state index contributed by atoms with van der Waals surface area (Å²) >= 11 is 0. The molecule has 15 nitrogen and oxygen atoms in total. The number of nitrogens with two attached hydrogens (primary N) is 5. The van der Waals surface area contributed by atoms with Gasteiger partial charge in [-0.1, -0.05) is 109 Å². The number of rotatable bonds is 22. The normalized spacial score (nSPS) is 13.1. The Hall–Kier alpha value is -6.13. The van der Waals surface area contributed by atoms with Gasteiger partial charge in [-0.15, -0.1) is 0 Å². The molecule has 4 aromatic rings. The Morgan fingerprint density at radius 1 is 0.491 bits per heavy atom. The van der Waals surface area contributed by atoms with Crippen LogP contribution in [0, 0.1) is 0 Å². The van der Waals surface area contributed by atoms with Crippen LogP contribution in [0.1, 0.15) is 36.8 Å². The quantitative estimate of drug-likeness (QED) is 0.0403. The van der Waals surface area contributed by atoms with E-state index in [0.29, 0.717) is 19.4 Å². The predicted octanol–water partition coefficient (Wildman–Crippen LogP) is 1.09. The first kappa shape index (κ1) is 43.6. The highest BCUT2D eigenvalue weighted by molar-refractivity contribution is 5.94. The fraction of sp³-hybridized carbons (Fsp3) is 0.310. The molecule has 0 bridgehead atoms. The van der Waals surface area contributed by atoms with Gasteiger partial charge in [-0.25, -0.2) is 4.79 Å². The van der Waals surface area contributed by atoms with Gasteiger partial charge in [0.05, 0.1) is 6.04 Å². The van der Waals surface area contributed by atoms with E-state index in [4.69, 9.17) is 28.7 Å². The molecule has 0 saturated heterocycles. The van der Waals surface area contributed by atoms with Gasteiger partial charge in [0.2, 0.25) is 23.6 Å². The summed E-state index contributed by atoms with van der Waals surface area (Å²) in [5.74, 6) is -2.65. The number of hydrogen-bond acceptors (Lipinski definition) is 9. The molecule has 0 spiro atoms. The Morgan fingerprint density at radius 3 is 1.44 bits per heavy atom. The topological polar surface area (TPSA) is 276 Å². The molecule has 6 amide bonds. The molecule has 0 saturated carbocycles. The van der Waals surface area contributed by atoms with Gasteiger partial charge in [0.15, 0.2) is 0 Å². The third-order valence-electron chi connectivity index (χ3n) is 9.30. The minimum absolute atomic E-state index is 0.0457. The lowest BCUT2D eigenvalue weighted by Gasteiger charge is -2.26. The molecule has 0 fully saturated rings. The van der Waals surface area contributed by atoms with E-state index < -0.39 is 60.1 Å². The molecule has 4 rings (SSSR count). The van der Waals surface area contributed by atoms with Gasteiger partial charge in [-0.3, -0.25) is 24.5 Å². The molecule has 0 aliphatic rings. The number of amides is 6. The first-order valence-electron chi connectivity index (χ1n) is 18.9. The molecule has 0 heterocycles.